The normalized spacial score (nSPS) is 13.0. The van der Waals surface area contributed by atoms with Crippen LogP contribution in [0.25, 0.3) is 32.7 Å². The van der Waals surface area contributed by atoms with E-state index < -0.39 is 0 Å². The zero-order valence-corrected chi connectivity index (χ0v) is 16.0. The Bertz CT molecular complexity index is 1310. The Morgan fingerprint density at radius 3 is 2.14 bits per heavy atom. The summed E-state index contributed by atoms with van der Waals surface area (Å²) in [7, 11) is 1.82. The first kappa shape index (κ1) is 16.7. The zero-order chi connectivity index (χ0) is 19.6. The summed E-state index contributed by atoms with van der Waals surface area (Å²) >= 11 is 0. The van der Waals surface area contributed by atoms with Crippen molar-refractivity contribution in [1.29, 1.82) is 0 Å². The maximum Gasteiger partial charge on any atom is 0.258 e. The number of carbonyl (C=O) groups excluding carboxylic acids is 2. The van der Waals surface area contributed by atoms with E-state index >= 15 is 0 Å². The van der Waals surface area contributed by atoms with Crippen molar-refractivity contribution >= 4 is 38.9 Å². The van der Waals surface area contributed by atoms with E-state index in [2.05, 4.69) is 18.2 Å². The molecule has 5 rings (SSSR count). The lowest BCUT2D eigenvalue weighted by molar-refractivity contribution is 0.0995. The molecule has 3 heteroatoms. The number of hydrogen-bond acceptors (Lipinski definition) is 2. The number of benzene rings is 4. The second kappa shape index (κ2) is 5.77. The van der Waals surface area contributed by atoms with Crippen LogP contribution >= 0.6 is 0 Å². The molecule has 0 saturated heterocycles. The maximum absolute atomic E-state index is 12.6. The smallest absolute Gasteiger partial charge is 0.258 e. The summed E-state index contributed by atoms with van der Waals surface area (Å²) in [5, 5.41) is 4.13. The van der Waals surface area contributed by atoms with E-state index in [0.29, 0.717) is 0 Å². The van der Waals surface area contributed by atoms with Gasteiger partial charge in [-0.15, -0.1) is 0 Å². The third-order valence-electron chi connectivity index (χ3n) is 5.83. The fourth-order valence-corrected chi connectivity index (χ4v) is 4.49. The van der Waals surface area contributed by atoms with Crippen molar-refractivity contribution in [3.8, 4) is 11.1 Å². The Labute approximate surface area is 163 Å². The number of aryl methyl sites for hydroxylation is 1. The van der Waals surface area contributed by atoms with Crippen LogP contribution in [0.5, 0.6) is 0 Å². The summed E-state index contributed by atoms with van der Waals surface area (Å²) in [5.74, 6) is 0.101. The number of fused-ring (bicyclic) bond motifs is 1. The topological polar surface area (TPSA) is 37.4 Å². The molecule has 0 unspecified atom stereocenters. The Kier molecular flexibility index (Phi) is 3.44. The summed E-state index contributed by atoms with van der Waals surface area (Å²) in [6.07, 6.45) is 0. The van der Waals surface area contributed by atoms with Gasteiger partial charge in [0.15, 0.2) is 5.78 Å². The predicted molar refractivity (Wildman–Crippen MR) is 114 cm³/mol. The third kappa shape index (κ3) is 2.10. The van der Waals surface area contributed by atoms with Crippen LogP contribution in [-0.4, -0.2) is 18.7 Å². The van der Waals surface area contributed by atoms with Gasteiger partial charge < -0.3 is 4.90 Å². The molecule has 28 heavy (non-hydrogen) atoms. The van der Waals surface area contributed by atoms with Crippen LogP contribution in [0.3, 0.4) is 0 Å². The molecule has 0 atom stereocenters. The summed E-state index contributed by atoms with van der Waals surface area (Å²) in [6.45, 7) is 3.65. The minimum Gasteiger partial charge on any atom is -0.311 e. The van der Waals surface area contributed by atoms with E-state index in [-0.39, 0.29) is 11.7 Å². The molecule has 0 fully saturated rings. The van der Waals surface area contributed by atoms with Gasteiger partial charge in [0.1, 0.15) is 0 Å². The van der Waals surface area contributed by atoms with Crippen LogP contribution in [0, 0.1) is 6.92 Å². The average molecular weight is 365 g/mol. The number of hydrogen-bond donors (Lipinski definition) is 0. The van der Waals surface area contributed by atoms with Crippen molar-refractivity contribution in [1.82, 2.24) is 0 Å². The van der Waals surface area contributed by atoms with Crippen LogP contribution in [0.2, 0.25) is 0 Å². The SMILES string of the molecule is CC(=O)c1ccc(-c2ccc3c4c(cccc24)C(=O)N3C)c2cccc(C)c12. The first-order valence-corrected chi connectivity index (χ1v) is 9.36. The molecule has 4 aromatic carbocycles. The largest absolute Gasteiger partial charge is 0.311 e. The van der Waals surface area contributed by atoms with Crippen molar-refractivity contribution in [3.63, 3.8) is 0 Å². The molecule has 0 aliphatic carbocycles. The maximum atomic E-state index is 12.6. The number of ketones is 1. The average Bonchev–Trinajstić information content (AvgIpc) is 2.94. The molecule has 1 amide bonds. The highest BCUT2D eigenvalue weighted by Gasteiger charge is 2.28. The molecule has 0 saturated carbocycles. The molecular formula is C25H19NO2. The number of carbonyl (C=O) groups is 2. The summed E-state index contributed by atoms with van der Waals surface area (Å²) in [5.41, 5.74) is 5.68. The van der Waals surface area contributed by atoms with Gasteiger partial charge in [0.2, 0.25) is 0 Å². The van der Waals surface area contributed by atoms with E-state index in [0.717, 1.165) is 55.0 Å². The van der Waals surface area contributed by atoms with Crippen LogP contribution in [0.4, 0.5) is 5.69 Å². The molecule has 3 nitrogen and oxygen atoms in total. The van der Waals surface area contributed by atoms with Gasteiger partial charge in [-0.25, -0.2) is 0 Å². The van der Waals surface area contributed by atoms with Crippen LogP contribution in [0.1, 0.15) is 33.2 Å². The first-order valence-electron chi connectivity index (χ1n) is 9.36. The second-order valence-corrected chi connectivity index (χ2v) is 7.44. The lowest BCUT2D eigenvalue weighted by Gasteiger charge is -2.15. The molecule has 4 aromatic rings. The van der Waals surface area contributed by atoms with E-state index in [4.69, 9.17) is 0 Å². The highest BCUT2D eigenvalue weighted by molar-refractivity contribution is 6.27. The third-order valence-corrected chi connectivity index (χ3v) is 5.83. The van der Waals surface area contributed by atoms with Gasteiger partial charge in [-0.3, -0.25) is 9.59 Å². The molecule has 1 aliphatic heterocycles. The van der Waals surface area contributed by atoms with Crippen LogP contribution in [0.15, 0.2) is 60.7 Å². The number of anilines is 1. The molecule has 0 spiro atoms. The van der Waals surface area contributed by atoms with Gasteiger partial charge >= 0.3 is 0 Å². The monoisotopic (exact) mass is 365 g/mol. The molecule has 1 aliphatic rings. The lowest BCUT2D eigenvalue weighted by Crippen LogP contribution is -2.20. The molecule has 0 bridgehead atoms. The number of Topliss-reactive ketones (excluding diaryl/α,β-unsaturated/α-hetero) is 1. The number of nitrogens with zero attached hydrogens (tertiary/aromatic N) is 1. The lowest BCUT2D eigenvalue weighted by atomic mass is 9.89. The second-order valence-electron chi connectivity index (χ2n) is 7.44. The fraction of sp³-hybridized carbons (Fsp3) is 0.120. The fourth-order valence-electron chi connectivity index (χ4n) is 4.49. The highest BCUT2D eigenvalue weighted by atomic mass is 16.2. The summed E-state index contributed by atoms with van der Waals surface area (Å²) in [4.78, 5) is 26.5. The quantitative estimate of drug-likeness (QED) is 0.424. The van der Waals surface area contributed by atoms with Gasteiger partial charge in [0.25, 0.3) is 5.91 Å². The Morgan fingerprint density at radius 1 is 0.786 bits per heavy atom. The standard InChI is InChI=1S/C25H19NO2/c1-14-6-4-7-19-17(11-10-16(15(2)27)23(14)19)18-12-13-22-24-20(18)8-5-9-21(24)25(28)26(22)3/h4-13H,1-3H3. The number of amides is 1. The Hall–Kier alpha value is -3.46. The van der Waals surface area contributed by atoms with Crippen molar-refractivity contribution in [2.45, 2.75) is 13.8 Å². The Morgan fingerprint density at radius 2 is 1.43 bits per heavy atom. The first-order chi connectivity index (χ1) is 13.5. The van der Waals surface area contributed by atoms with Crippen LogP contribution in [-0.2, 0) is 0 Å². The van der Waals surface area contributed by atoms with Crippen LogP contribution < -0.4 is 4.90 Å². The van der Waals surface area contributed by atoms with E-state index in [1.54, 1.807) is 11.8 Å². The minimum absolute atomic E-state index is 0.0328. The van der Waals surface area contributed by atoms with E-state index in [9.17, 15) is 9.59 Å². The number of rotatable bonds is 2. The summed E-state index contributed by atoms with van der Waals surface area (Å²) < 4.78 is 0. The van der Waals surface area contributed by atoms with Crippen molar-refractivity contribution < 1.29 is 9.59 Å². The predicted octanol–water partition coefficient (Wildman–Crippen LogP) is 5.76. The van der Waals surface area contributed by atoms with Gasteiger partial charge in [0.05, 0.1) is 5.69 Å². The van der Waals surface area contributed by atoms with Crippen molar-refractivity contribution in [2.75, 3.05) is 11.9 Å². The molecule has 0 N–H and O–H groups in total. The summed E-state index contributed by atoms with van der Waals surface area (Å²) in [6, 6.07) is 20.1. The molecule has 136 valence electrons. The van der Waals surface area contributed by atoms with Gasteiger partial charge in [-0.2, -0.15) is 0 Å². The van der Waals surface area contributed by atoms with E-state index in [1.807, 2.05) is 56.4 Å². The molecule has 0 aromatic heterocycles. The van der Waals surface area contributed by atoms with Gasteiger partial charge in [0, 0.05) is 23.6 Å². The highest BCUT2D eigenvalue weighted by Crippen LogP contribution is 2.43. The molecule has 1 heterocycles. The minimum atomic E-state index is 0.0328. The van der Waals surface area contributed by atoms with Gasteiger partial charge in [-0.1, -0.05) is 48.5 Å². The Balaban J connectivity index is 1.90. The van der Waals surface area contributed by atoms with Crippen molar-refractivity contribution in [3.05, 3.63) is 77.4 Å². The molecular weight excluding hydrogens is 346 g/mol. The van der Waals surface area contributed by atoms with E-state index in [1.165, 1.54) is 0 Å². The van der Waals surface area contributed by atoms with Gasteiger partial charge in [-0.05, 0) is 58.8 Å². The van der Waals surface area contributed by atoms with Crippen molar-refractivity contribution in [2.24, 2.45) is 0 Å². The molecule has 0 radical (unpaired) electrons. The zero-order valence-electron chi connectivity index (χ0n) is 16.0.